The van der Waals surface area contributed by atoms with E-state index in [1.54, 1.807) is 40.7 Å². The molecule has 5 rings (SSSR count). The molecule has 0 saturated heterocycles. The Hall–Kier alpha value is -2.55. The maximum Gasteiger partial charge on any atom is 0.323 e. The zero-order valence-corrected chi connectivity index (χ0v) is 21.1. The van der Waals surface area contributed by atoms with Crippen molar-refractivity contribution >= 4 is 27.6 Å². The van der Waals surface area contributed by atoms with Gasteiger partial charge < -0.3 is 14.7 Å². The van der Waals surface area contributed by atoms with Crippen molar-refractivity contribution in [1.82, 2.24) is 9.21 Å². The molecule has 1 aliphatic carbocycles. The van der Waals surface area contributed by atoms with Gasteiger partial charge in [0, 0.05) is 29.2 Å². The van der Waals surface area contributed by atoms with E-state index in [-0.39, 0.29) is 31.7 Å². The third-order valence-electron chi connectivity index (χ3n) is 7.46. The van der Waals surface area contributed by atoms with Crippen molar-refractivity contribution in [2.75, 3.05) is 19.7 Å². The second-order valence-corrected chi connectivity index (χ2v) is 11.7. The average Bonchev–Trinajstić information content (AvgIpc) is 3.22. The molecule has 0 aromatic heterocycles. The Bertz CT molecular complexity index is 1260. The van der Waals surface area contributed by atoms with Crippen LogP contribution in [0.15, 0.2) is 64.7 Å². The van der Waals surface area contributed by atoms with Gasteiger partial charge in [-0.25, -0.2) is 8.42 Å². The number of carboxylic acids is 1. The summed E-state index contributed by atoms with van der Waals surface area (Å²) in [7, 11) is -3.73. The van der Waals surface area contributed by atoms with Crippen molar-refractivity contribution in [3.8, 4) is 5.75 Å². The fourth-order valence-corrected chi connectivity index (χ4v) is 7.96. The molecule has 1 fully saturated rings. The predicted octanol–water partition coefficient (Wildman–Crippen LogP) is 4.70. The first-order valence-corrected chi connectivity index (χ1v) is 13.8. The van der Waals surface area contributed by atoms with Gasteiger partial charge >= 0.3 is 5.97 Å². The quantitative estimate of drug-likeness (QED) is 0.574. The monoisotopic (exact) mass is 516 g/mol. The summed E-state index contributed by atoms with van der Waals surface area (Å²) < 4.78 is 34.8. The SMILES string of the molecule is CC1=C(C2c3ccccc3S(=O)(=O)N2CCOc2ccc(Cl)cc2)[C@H]2CCCCC2N1CC(=O)O. The maximum atomic E-state index is 13.7. The van der Waals surface area contributed by atoms with Gasteiger partial charge in [0.05, 0.1) is 10.9 Å². The number of sulfonamides is 1. The van der Waals surface area contributed by atoms with E-state index in [9.17, 15) is 18.3 Å². The first-order chi connectivity index (χ1) is 16.8. The molecule has 35 heavy (non-hydrogen) atoms. The molecule has 2 unspecified atom stereocenters. The molecule has 1 N–H and O–H groups in total. The molecule has 2 aliphatic heterocycles. The lowest BCUT2D eigenvalue weighted by Crippen LogP contribution is -2.39. The van der Waals surface area contributed by atoms with E-state index in [1.807, 2.05) is 24.0 Å². The average molecular weight is 517 g/mol. The van der Waals surface area contributed by atoms with Gasteiger partial charge in [0.15, 0.2) is 0 Å². The van der Waals surface area contributed by atoms with Gasteiger partial charge in [0.1, 0.15) is 18.9 Å². The number of aliphatic carboxylic acids is 1. The molecule has 9 heteroatoms. The summed E-state index contributed by atoms with van der Waals surface area (Å²) in [6, 6.07) is 13.8. The van der Waals surface area contributed by atoms with Crippen molar-refractivity contribution in [2.45, 2.75) is 49.6 Å². The minimum atomic E-state index is -3.73. The van der Waals surface area contributed by atoms with Crippen molar-refractivity contribution in [3.05, 3.63) is 70.4 Å². The van der Waals surface area contributed by atoms with Crippen LogP contribution in [0.1, 0.15) is 44.2 Å². The molecule has 7 nitrogen and oxygen atoms in total. The van der Waals surface area contributed by atoms with Crippen LogP contribution in [0.3, 0.4) is 0 Å². The molecule has 2 aromatic rings. The number of allylic oxidation sites excluding steroid dienone is 1. The van der Waals surface area contributed by atoms with Crippen LogP contribution in [0, 0.1) is 5.92 Å². The fraction of sp³-hybridized carbons (Fsp3) is 0.423. The van der Waals surface area contributed by atoms with Crippen molar-refractivity contribution in [2.24, 2.45) is 5.92 Å². The number of carboxylic acid groups (broad SMARTS) is 1. The molecular formula is C26H29ClN2O5S. The largest absolute Gasteiger partial charge is 0.492 e. The number of benzene rings is 2. The number of ether oxygens (including phenoxy) is 1. The summed E-state index contributed by atoms with van der Waals surface area (Å²) >= 11 is 5.95. The smallest absolute Gasteiger partial charge is 0.323 e. The van der Waals surface area contributed by atoms with E-state index in [0.717, 1.165) is 42.5 Å². The molecule has 0 amide bonds. The zero-order valence-electron chi connectivity index (χ0n) is 19.6. The number of hydrogen-bond acceptors (Lipinski definition) is 5. The summed E-state index contributed by atoms with van der Waals surface area (Å²) in [6.07, 6.45) is 3.95. The van der Waals surface area contributed by atoms with Crippen molar-refractivity contribution < 1.29 is 23.1 Å². The van der Waals surface area contributed by atoms with Gasteiger partial charge in [0.2, 0.25) is 10.0 Å². The van der Waals surface area contributed by atoms with Gasteiger partial charge in [-0.05, 0) is 61.2 Å². The Morgan fingerprint density at radius 3 is 2.57 bits per heavy atom. The minimum Gasteiger partial charge on any atom is -0.492 e. The summed E-state index contributed by atoms with van der Waals surface area (Å²) in [5, 5.41) is 10.2. The van der Waals surface area contributed by atoms with Crippen LogP contribution in [0.4, 0.5) is 0 Å². The first kappa shape index (κ1) is 24.2. The number of carbonyl (C=O) groups is 1. The highest BCUT2D eigenvalue weighted by Crippen LogP contribution is 2.53. The minimum absolute atomic E-state index is 0.0721. The zero-order chi connectivity index (χ0) is 24.7. The van der Waals surface area contributed by atoms with Crippen LogP contribution in [-0.4, -0.2) is 54.4 Å². The number of halogens is 1. The molecule has 0 radical (unpaired) electrons. The van der Waals surface area contributed by atoms with Crippen LogP contribution < -0.4 is 4.74 Å². The molecule has 2 heterocycles. The second-order valence-electron chi connectivity index (χ2n) is 9.38. The highest BCUT2D eigenvalue weighted by Gasteiger charge is 2.51. The predicted molar refractivity (Wildman–Crippen MR) is 133 cm³/mol. The highest BCUT2D eigenvalue weighted by molar-refractivity contribution is 7.89. The van der Waals surface area contributed by atoms with Crippen LogP contribution >= 0.6 is 11.6 Å². The number of fused-ring (bicyclic) bond motifs is 2. The third-order valence-corrected chi connectivity index (χ3v) is 9.65. The third kappa shape index (κ3) is 4.32. The molecular weight excluding hydrogens is 488 g/mol. The summed E-state index contributed by atoms with van der Waals surface area (Å²) in [5.74, 6) is -0.118. The van der Waals surface area contributed by atoms with E-state index in [4.69, 9.17) is 16.3 Å². The van der Waals surface area contributed by atoms with Crippen LogP contribution in [0.2, 0.25) is 5.02 Å². The fourth-order valence-electron chi connectivity index (χ4n) is 6.03. The van der Waals surface area contributed by atoms with Gasteiger partial charge in [0.25, 0.3) is 0 Å². The number of hydrogen-bond donors (Lipinski definition) is 1. The highest BCUT2D eigenvalue weighted by atomic mass is 35.5. The Labute approximate surface area is 211 Å². The summed E-state index contributed by atoms with van der Waals surface area (Å²) in [6.45, 7) is 2.24. The van der Waals surface area contributed by atoms with E-state index in [1.165, 1.54) is 0 Å². The molecule has 2 aromatic carbocycles. The molecule has 186 valence electrons. The Morgan fingerprint density at radius 1 is 1.11 bits per heavy atom. The van der Waals surface area contributed by atoms with E-state index >= 15 is 0 Å². The summed E-state index contributed by atoms with van der Waals surface area (Å²) in [4.78, 5) is 14.0. The molecule has 0 bridgehead atoms. The van der Waals surface area contributed by atoms with Crippen molar-refractivity contribution in [3.63, 3.8) is 0 Å². The van der Waals surface area contributed by atoms with Gasteiger partial charge in [-0.15, -0.1) is 0 Å². The van der Waals surface area contributed by atoms with Crippen LogP contribution in [0.25, 0.3) is 0 Å². The van der Waals surface area contributed by atoms with E-state index in [0.29, 0.717) is 15.7 Å². The van der Waals surface area contributed by atoms with Crippen LogP contribution in [-0.2, 0) is 14.8 Å². The molecule has 0 spiro atoms. The lowest BCUT2D eigenvalue weighted by Gasteiger charge is -2.35. The first-order valence-electron chi connectivity index (χ1n) is 12.0. The lowest BCUT2D eigenvalue weighted by atomic mass is 9.78. The van der Waals surface area contributed by atoms with Gasteiger partial charge in [-0.2, -0.15) is 4.31 Å². The topological polar surface area (TPSA) is 87.2 Å². The van der Waals surface area contributed by atoms with E-state index < -0.39 is 22.0 Å². The number of nitrogens with zero attached hydrogens (tertiary/aromatic N) is 2. The maximum absolute atomic E-state index is 13.7. The molecule has 1 saturated carbocycles. The Balaban J connectivity index is 1.51. The second kappa shape index (κ2) is 9.48. The number of rotatable bonds is 7. The Kier molecular flexibility index (Phi) is 6.55. The van der Waals surface area contributed by atoms with Gasteiger partial charge in [-0.3, -0.25) is 4.79 Å². The van der Waals surface area contributed by atoms with Gasteiger partial charge in [-0.1, -0.05) is 42.6 Å². The standard InChI is InChI=1S/C26H29ClN2O5S/c1-17-25(20-6-2-4-8-22(20)28(17)16-24(30)31)26-21-7-3-5-9-23(21)35(32,33)29(26)14-15-34-19-12-10-18(27)11-13-19/h3,5,7,9-13,20,22,26H,2,4,6,8,14-16H2,1H3,(H,30,31)/t20-,22?,26?/m0/s1. The summed E-state index contributed by atoms with van der Waals surface area (Å²) in [5.41, 5.74) is 2.69. The normalized spacial score (nSPS) is 25.4. The lowest BCUT2D eigenvalue weighted by molar-refractivity contribution is -0.138. The molecule has 3 atom stereocenters. The van der Waals surface area contributed by atoms with E-state index in [2.05, 4.69) is 0 Å². The van der Waals surface area contributed by atoms with Crippen molar-refractivity contribution in [1.29, 1.82) is 0 Å². The van der Waals surface area contributed by atoms with Crippen LogP contribution in [0.5, 0.6) is 5.75 Å². The Morgan fingerprint density at radius 2 is 1.83 bits per heavy atom. The molecule has 3 aliphatic rings.